The third kappa shape index (κ3) is 2.40. The van der Waals surface area contributed by atoms with Crippen LogP contribution in [0.1, 0.15) is 17.4 Å². The predicted octanol–water partition coefficient (Wildman–Crippen LogP) is 1.33. The third-order valence-corrected chi connectivity index (χ3v) is 2.78. The number of para-hydroxylation sites is 1. The van der Waals surface area contributed by atoms with Crippen molar-refractivity contribution in [2.45, 2.75) is 13.5 Å². The summed E-state index contributed by atoms with van der Waals surface area (Å²) in [5.41, 5.74) is 0.305. The number of aromatic nitrogens is 2. The summed E-state index contributed by atoms with van der Waals surface area (Å²) in [6.45, 7) is 6.32. The van der Waals surface area contributed by atoms with Crippen LogP contribution in [0, 0.1) is 0 Å². The first kappa shape index (κ1) is 13.0. The molecule has 0 saturated heterocycles. The number of benzene rings is 1. The molecule has 0 fully saturated rings. The van der Waals surface area contributed by atoms with Crippen molar-refractivity contribution in [1.29, 1.82) is 0 Å². The topological polar surface area (TPSA) is 64.0 Å². The molecule has 2 rings (SSSR count). The van der Waals surface area contributed by atoms with Gasteiger partial charge in [-0.25, -0.2) is 0 Å². The molecular weight excluding hydrogens is 242 g/mol. The molecule has 0 unspecified atom stereocenters. The first-order valence-corrected chi connectivity index (χ1v) is 6.08. The van der Waals surface area contributed by atoms with Gasteiger partial charge in [-0.1, -0.05) is 18.2 Å². The van der Waals surface area contributed by atoms with Crippen LogP contribution >= 0.6 is 0 Å². The summed E-state index contributed by atoms with van der Waals surface area (Å²) in [5.74, 6) is -0.474. The molecule has 0 aliphatic heterocycles. The molecule has 1 aromatic heterocycles. The fourth-order valence-electron chi connectivity index (χ4n) is 1.88. The molecule has 5 nitrogen and oxygen atoms in total. The summed E-state index contributed by atoms with van der Waals surface area (Å²) in [7, 11) is 0. The van der Waals surface area contributed by atoms with Crippen molar-refractivity contribution >= 4 is 16.8 Å². The van der Waals surface area contributed by atoms with Gasteiger partial charge in [0.05, 0.1) is 5.52 Å². The Balaban J connectivity index is 2.63. The van der Waals surface area contributed by atoms with Gasteiger partial charge in [0.15, 0.2) is 5.69 Å². The molecule has 1 N–H and O–H groups in total. The van der Waals surface area contributed by atoms with E-state index in [1.165, 1.54) is 0 Å². The maximum Gasteiger partial charge on any atom is 0.276 e. The number of fused-ring (bicyclic) bond motifs is 1. The normalized spacial score (nSPS) is 10.4. The minimum atomic E-state index is -0.474. The van der Waals surface area contributed by atoms with E-state index in [4.69, 9.17) is 0 Å². The number of hydrogen-bond acceptors (Lipinski definition) is 3. The first-order chi connectivity index (χ1) is 9.19. The molecule has 1 heterocycles. The van der Waals surface area contributed by atoms with E-state index in [9.17, 15) is 9.59 Å². The van der Waals surface area contributed by atoms with Gasteiger partial charge in [0.1, 0.15) is 0 Å². The van der Waals surface area contributed by atoms with E-state index in [0.717, 1.165) is 5.52 Å². The summed E-state index contributed by atoms with van der Waals surface area (Å²) >= 11 is 0. The van der Waals surface area contributed by atoms with Gasteiger partial charge in [0, 0.05) is 18.5 Å². The summed E-state index contributed by atoms with van der Waals surface area (Å²) < 4.78 is 1.65. The average molecular weight is 257 g/mol. The van der Waals surface area contributed by atoms with Crippen molar-refractivity contribution < 1.29 is 4.79 Å². The Kier molecular flexibility index (Phi) is 3.75. The molecular formula is C14H15N3O2. The van der Waals surface area contributed by atoms with E-state index >= 15 is 0 Å². The smallest absolute Gasteiger partial charge is 0.276 e. The van der Waals surface area contributed by atoms with E-state index < -0.39 is 5.91 Å². The van der Waals surface area contributed by atoms with Gasteiger partial charge >= 0.3 is 0 Å². The van der Waals surface area contributed by atoms with Crippen LogP contribution < -0.4 is 10.7 Å². The Morgan fingerprint density at radius 3 is 2.89 bits per heavy atom. The molecule has 0 spiro atoms. The Morgan fingerprint density at radius 2 is 2.21 bits per heavy atom. The highest BCUT2D eigenvalue weighted by Crippen LogP contribution is 2.09. The van der Waals surface area contributed by atoms with Gasteiger partial charge in [-0.3, -0.25) is 14.3 Å². The monoisotopic (exact) mass is 257 g/mol. The van der Waals surface area contributed by atoms with Crippen LogP contribution in [0.3, 0.4) is 0 Å². The summed E-state index contributed by atoms with van der Waals surface area (Å²) in [4.78, 5) is 24.1. The molecule has 1 aromatic carbocycles. The average Bonchev–Trinajstić information content (AvgIpc) is 2.45. The largest absolute Gasteiger partial charge is 0.347 e. The van der Waals surface area contributed by atoms with Crippen LogP contribution in [0.15, 0.2) is 41.7 Å². The van der Waals surface area contributed by atoms with Crippen LogP contribution in [0.5, 0.6) is 0 Å². The highest BCUT2D eigenvalue weighted by Gasteiger charge is 2.15. The lowest BCUT2D eigenvalue weighted by Crippen LogP contribution is -2.32. The molecule has 2 aromatic rings. The standard InChI is InChI=1S/C14H15N3O2/c1-3-9-15-14(19)12-13(18)10-7-5-6-8-11(10)17(4-2)16-12/h3,5-8H,1,4,9H2,2H3,(H,15,19). The number of rotatable bonds is 4. The SMILES string of the molecule is C=CCNC(=O)c1nn(CC)c2ccccc2c1=O. The number of hydrogen-bond donors (Lipinski definition) is 1. The van der Waals surface area contributed by atoms with Crippen molar-refractivity contribution in [3.63, 3.8) is 0 Å². The molecule has 0 aliphatic rings. The summed E-state index contributed by atoms with van der Waals surface area (Å²) in [5, 5.41) is 7.21. The van der Waals surface area contributed by atoms with E-state index in [2.05, 4.69) is 17.0 Å². The Bertz CT molecular complexity index is 689. The quantitative estimate of drug-likeness (QED) is 0.840. The molecule has 5 heteroatoms. The number of carbonyl (C=O) groups is 1. The Hall–Kier alpha value is -2.43. The van der Waals surface area contributed by atoms with Crippen molar-refractivity contribution in [1.82, 2.24) is 15.1 Å². The van der Waals surface area contributed by atoms with Gasteiger partial charge in [-0.15, -0.1) is 6.58 Å². The van der Waals surface area contributed by atoms with E-state index in [-0.39, 0.29) is 11.1 Å². The second-order valence-corrected chi connectivity index (χ2v) is 4.01. The van der Waals surface area contributed by atoms with Gasteiger partial charge in [-0.05, 0) is 19.1 Å². The van der Waals surface area contributed by atoms with Gasteiger partial charge in [0.25, 0.3) is 5.91 Å². The maximum atomic E-state index is 12.2. The zero-order valence-corrected chi connectivity index (χ0v) is 10.7. The van der Waals surface area contributed by atoms with Crippen molar-refractivity contribution in [3.8, 4) is 0 Å². The lowest BCUT2D eigenvalue weighted by molar-refractivity contribution is 0.0950. The van der Waals surface area contributed by atoms with Crippen molar-refractivity contribution in [2.24, 2.45) is 0 Å². The number of nitrogens with zero attached hydrogens (tertiary/aromatic N) is 2. The van der Waals surface area contributed by atoms with Crippen LogP contribution in [-0.2, 0) is 6.54 Å². The molecule has 1 amide bonds. The highest BCUT2D eigenvalue weighted by atomic mass is 16.2. The zero-order valence-electron chi connectivity index (χ0n) is 10.7. The zero-order chi connectivity index (χ0) is 13.8. The molecule has 0 bridgehead atoms. The number of nitrogens with one attached hydrogen (secondary N) is 1. The third-order valence-electron chi connectivity index (χ3n) is 2.78. The molecule has 19 heavy (non-hydrogen) atoms. The van der Waals surface area contributed by atoms with E-state index in [1.54, 1.807) is 22.9 Å². The molecule has 0 saturated carbocycles. The van der Waals surface area contributed by atoms with Crippen molar-refractivity contribution in [2.75, 3.05) is 6.54 Å². The van der Waals surface area contributed by atoms with Crippen LogP contribution in [0.4, 0.5) is 0 Å². The number of carbonyl (C=O) groups excluding carboxylic acids is 1. The lowest BCUT2D eigenvalue weighted by Gasteiger charge is -2.09. The van der Waals surface area contributed by atoms with E-state index in [0.29, 0.717) is 18.5 Å². The number of aryl methyl sites for hydroxylation is 1. The fraction of sp³-hybridized carbons (Fsp3) is 0.214. The predicted molar refractivity (Wildman–Crippen MR) is 74.2 cm³/mol. The lowest BCUT2D eigenvalue weighted by atomic mass is 10.2. The minimum Gasteiger partial charge on any atom is -0.347 e. The maximum absolute atomic E-state index is 12.2. The summed E-state index contributed by atoms with van der Waals surface area (Å²) in [6, 6.07) is 7.14. The van der Waals surface area contributed by atoms with Gasteiger partial charge < -0.3 is 5.32 Å². The van der Waals surface area contributed by atoms with Crippen LogP contribution in [0.25, 0.3) is 10.9 Å². The Morgan fingerprint density at radius 1 is 1.47 bits per heavy atom. The fourth-order valence-corrected chi connectivity index (χ4v) is 1.88. The first-order valence-electron chi connectivity index (χ1n) is 6.08. The second kappa shape index (κ2) is 5.48. The van der Waals surface area contributed by atoms with Gasteiger partial charge in [0.2, 0.25) is 5.43 Å². The number of amides is 1. The van der Waals surface area contributed by atoms with Gasteiger partial charge in [-0.2, -0.15) is 5.10 Å². The molecule has 98 valence electrons. The molecule has 0 atom stereocenters. The van der Waals surface area contributed by atoms with Crippen molar-refractivity contribution in [3.05, 3.63) is 52.8 Å². The summed E-state index contributed by atoms with van der Waals surface area (Å²) in [6.07, 6.45) is 1.55. The Labute approximate surface area is 110 Å². The van der Waals surface area contributed by atoms with E-state index in [1.807, 2.05) is 19.1 Å². The minimum absolute atomic E-state index is 0.0811. The second-order valence-electron chi connectivity index (χ2n) is 4.01. The highest BCUT2D eigenvalue weighted by molar-refractivity contribution is 5.95. The van der Waals surface area contributed by atoms with Crippen LogP contribution in [0.2, 0.25) is 0 Å². The van der Waals surface area contributed by atoms with Crippen LogP contribution in [-0.4, -0.2) is 22.2 Å². The molecule has 0 aliphatic carbocycles. The molecule has 0 radical (unpaired) electrons.